The normalized spacial score (nSPS) is 17.6. The zero-order valence-electron chi connectivity index (χ0n) is 13.0. The number of hydrogen-bond donors (Lipinski definition) is 0. The third-order valence-electron chi connectivity index (χ3n) is 3.90. The Kier molecular flexibility index (Phi) is 4.47. The summed E-state index contributed by atoms with van der Waals surface area (Å²) in [7, 11) is 0. The maximum Gasteiger partial charge on any atom is 0.176 e. The van der Waals surface area contributed by atoms with Gasteiger partial charge in [0.25, 0.3) is 0 Å². The molecular formula is C16H15ClN4OS2. The molecule has 0 aliphatic carbocycles. The van der Waals surface area contributed by atoms with E-state index < -0.39 is 0 Å². The highest BCUT2D eigenvalue weighted by molar-refractivity contribution is 8.00. The number of thiazole rings is 1. The number of para-hydroxylation sites is 1. The van der Waals surface area contributed by atoms with Gasteiger partial charge in [-0.3, -0.25) is 0 Å². The minimum atomic E-state index is 0.0999. The van der Waals surface area contributed by atoms with Gasteiger partial charge in [0.2, 0.25) is 0 Å². The second-order valence-electron chi connectivity index (χ2n) is 5.44. The fourth-order valence-electron chi connectivity index (χ4n) is 2.77. The topological polar surface area (TPSA) is 51.1 Å². The number of benzene rings is 1. The summed E-state index contributed by atoms with van der Waals surface area (Å²) in [5.74, 6) is 1.68. The summed E-state index contributed by atoms with van der Waals surface area (Å²) in [5, 5.41) is 0.646. The number of hydrogen-bond acceptors (Lipinski definition) is 7. The number of anilines is 1. The van der Waals surface area contributed by atoms with E-state index >= 15 is 0 Å². The molecule has 8 heteroatoms. The Morgan fingerprint density at radius 3 is 3.04 bits per heavy atom. The van der Waals surface area contributed by atoms with Crippen molar-refractivity contribution in [3.8, 4) is 5.75 Å². The lowest BCUT2D eigenvalue weighted by atomic mass is 10.3. The van der Waals surface area contributed by atoms with Gasteiger partial charge in [0, 0.05) is 13.0 Å². The maximum atomic E-state index is 6.18. The first kappa shape index (κ1) is 15.9. The van der Waals surface area contributed by atoms with E-state index in [-0.39, 0.29) is 6.10 Å². The Morgan fingerprint density at radius 2 is 2.21 bits per heavy atom. The molecular weight excluding hydrogens is 364 g/mol. The van der Waals surface area contributed by atoms with E-state index in [4.69, 9.17) is 16.3 Å². The van der Waals surface area contributed by atoms with Crippen molar-refractivity contribution in [3.63, 3.8) is 0 Å². The molecule has 124 valence electrons. The van der Waals surface area contributed by atoms with Crippen LogP contribution in [0.5, 0.6) is 5.75 Å². The molecule has 0 radical (unpaired) electrons. The van der Waals surface area contributed by atoms with E-state index in [1.807, 2.05) is 30.5 Å². The second-order valence-corrected chi connectivity index (χ2v) is 7.90. The van der Waals surface area contributed by atoms with Gasteiger partial charge in [-0.05, 0) is 18.4 Å². The van der Waals surface area contributed by atoms with E-state index in [0.717, 1.165) is 45.8 Å². The molecule has 5 nitrogen and oxygen atoms in total. The zero-order chi connectivity index (χ0) is 16.5. The Hall–Kier alpha value is -1.57. The quantitative estimate of drug-likeness (QED) is 0.636. The molecule has 1 saturated heterocycles. The lowest BCUT2D eigenvalue weighted by molar-refractivity contribution is 0.225. The summed E-state index contributed by atoms with van der Waals surface area (Å²) in [6.45, 7) is 1.68. The number of ether oxygens (including phenoxy) is 1. The molecule has 2 aromatic heterocycles. The van der Waals surface area contributed by atoms with Crippen molar-refractivity contribution in [1.29, 1.82) is 0 Å². The zero-order valence-corrected chi connectivity index (χ0v) is 15.4. The Bertz CT molecular complexity index is 872. The highest BCUT2D eigenvalue weighted by Crippen LogP contribution is 2.34. The van der Waals surface area contributed by atoms with Crippen LogP contribution in [0, 0.1) is 0 Å². The molecule has 1 fully saturated rings. The van der Waals surface area contributed by atoms with Crippen molar-refractivity contribution in [2.24, 2.45) is 0 Å². The van der Waals surface area contributed by atoms with Gasteiger partial charge in [0.1, 0.15) is 22.9 Å². The molecule has 1 aliphatic heterocycles. The third-order valence-corrected chi connectivity index (χ3v) is 6.24. The average molecular weight is 379 g/mol. The van der Waals surface area contributed by atoms with Gasteiger partial charge >= 0.3 is 0 Å². The molecule has 0 N–H and O–H groups in total. The third kappa shape index (κ3) is 3.03. The minimum absolute atomic E-state index is 0.0999. The lowest BCUT2D eigenvalue weighted by Gasteiger charge is -2.18. The predicted molar refractivity (Wildman–Crippen MR) is 99.7 cm³/mol. The van der Waals surface area contributed by atoms with E-state index in [9.17, 15) is 0 Å². The molecule has 0 amide bonds. The number of fused-ring (bicyclic) bond motifs is 1. The number of nitrogens with zero attached hydrogens (tertiary/aromatic N) is 4. The fourth-order valence-corrected chi connectivity index (χ4v) is 4.48. The highest BCUT2D eigenvalue weighted by Gasteiger charge is 2.27. The highest BCUT2D eigenvalue weighted by atomic mass is 35.5. The first-order valence-electron chi connectivity index (χ1n) is 7.56. The van der Waals surface area contributed by atoms with Crippen molar-refractivity contribution < 1.29 is 4.74 Å². The van der Waals surface area contributed by atoms with Crippen molar-refractivity contribution in [3.05, 3.63) is 35.6 Å². The van der Waals surface area contributed by atoms with Crippen molar-refractivity contribution >= 4 is 50.9 Å². The molecule has 3 aromatic rings. The van der Waals surface area contributed by atoms with E-state index in [1.165, 1.54) is 0 Å². The molecule has 0 saturated carbocycles. The van der Waals surface area contributed by atoms with Gasteiger partial charge in [-0.15, -0.1) is 11.3 Å². The van der Waals surface area contributed by atoms with Crippen LogP contribution in [0.15, 0.2) is 34.9 Å². The van der Waals surface area contributed by atoms with Gasteiger partial charge in [-0.2, -0.15) is 0 Å². The second kappa shape index (κ2) is 6.74. The molecule has 1 aliphatic rings. The molecule has 1 unspecified atom stereocenters. The van der Waals surface area contributed by atoms with Gasteiger partial charge in [-0.1, -0.05) is 35.5 Å². The lowest BCUT2D eigenvalue weighted by Crippen LogP contribution is -2.25. The summed E-state index contributed by atoms with van der Waals surface area (Å²) >= 11 is 9.46. The Balaban J connectivity index is 1.55. The first-order valence-corrected chi connectivity index (χ1v) is 9.98. The summed E-state index contributed by atoms with van der Waals surface area (Å²) < 4.78 is 8.11. The smallest absolute Gasteiger partial charge is 0.176 e. The van der Waals surface area contributed by atoms with Crippen molar-refractivity contribution in [2.75, 3.05) is 24.2 Å². The molecule has 4 rings (SSSR count). The standard InChI is InChI=1S/C16H15ClN4OS2/c1-23-16-20-14-13(24-16)15(19-9-18-14)21-7-6-10(8-21)22-12-5-3-2-4-11(12)17/h2-5,9-10H,6-8H2,1H3. The predicted octanol–water partition coefficient (Wildman–Crippen LogP) is 4.12. The largest absolute Gasteiger partial charge is 0.487 e. The van der Waals surface area contributed by atoms with Gasteiger partial charge < -0.3 is 9.64 Å². The SMILES string of the molecule is CSc1nc2ncnc(N3CCC(Oc4ccccc4Cl)C3)c2s1. The summed E-state index contributed by atoms with van der Waals surface area (Å²) in [6.07, 6.45) is 4.64. The van der Waals surface area contributed by atoms with Gasteiger partial charge in [-0.25, -0.2) is 15.0 Å². The molecule has 24 heavy (non-hydrogen) atoms. The van der Waals surface area contributed by atoms with E-state index in [1.54, 1.807) is 29.4 Å². The average Bonchev–Trinajstić information content (AvgIpc) is 3.23. The first-order chi connectivity index (χ1) is 11.7. The van der Waals surface area contributed by atoms with Crippen LogP contribution in [-0.4, -0.2) is 40.4 Å². The molecule has 3 heterocycles. The Labute approximate surface area is 153 Å². The maximum absolute atomic E-state index is 6.18. The summed E-state index contributed by atoms with van der Waals surface area (Å²) in [6, 6.07) is 7.59. The molecule has 0 bridgehead atoms. The van der Waals surface area contributed by atoms with Gasteiger partial charge in [0.15, 0.2) is 15.8 Å². The van der Waals surface area contributed by atoms with Crippen LogP contribution < -0.4 is 9.64 Å². The minimum Gasteiger partial charge on any atom is -0.487 e. The number of halogens is 1. The van der Waals surface area contributed by atoms with Crippen LogP contribution in [0.1, 0.15) is 6.42 Å². The number of thioether (sulfide) groups is 1. The number of aromatic nitrogens is 3. The van der Waals surface area contributed by atoms with Crippen LogP contribution in [-0.2, 0) is 0 Å². The monoisotopic (exact) mass is 378 g/mol. The number of rotatable bonds is 4. The van der Waals surface area contributed by atoms with Gasteiger partial charge in [0.05, 0.1) is 11.6 Å². The van der Waals surface area contributed by atoms with Crippen LogP contribution in [0.2, 0.25) is 5.02 Å². The van der Waals surface area contributed by atoms with E-state index in [0.29, 0.717) is 5.02 Å². The van der Waals surface area contributed by atoms with E-state index in [2.05, 4.69) is 19.9 Å². The summed E-state index contributed by atoms with van der Waals surface area (Å²) in [4.78, 5) is 15.5. The van der Waals surface area contributed by atoms with Crippen molar-refractivity contribution in [2.45, 2.75) is 16.9 Å². The van der Waals surface area contributed by atoms with Crippen LogP contribution in [0.4, 0.5) is 5.82 Å². The molecule has 1 atom stereocenters. The Morgan fingerprint density at radius 1 is 1.33 bits per heavy atom. The van der Waals surface area contributed by atoms with Crippen LogP contribution in [0.25, 0.3) is 10.3 Å². The van der Waals surface area contributed by atoms with Crippen LogP contribution in [0.3, 0.4) is 0 Å². The molecule has 1 aromatic carbocycles. The molecule has 0 spiro atoms. The van der Waals surface area contributed by atoms with Crippen molar-refractivity contribution in [1.82, 2.24) is 15.0 Å². The van der Waals surface area contributed by atoms with Crippen LogP contribution >= 0.6 is 34.7 Å². The fraction of sp³-hybridized carbons (Fsp3) is 0.312. The summed E-state index contributed by atoms with van der Waals surface area (Å²) in [5.41, 5.74) is 0.768.